The fourth-order valence-corrected chi connectivity index (χ4v) is 6.83. The van der Waals surface area contributed by atoms with Gasteiger partial charge in [-0.3, -0.25) is 9.10 Å². The molecular weight excluding hydrogens is 438 g/mol. The first-order valence-electron chi connectivity index (χ1n) is 11.5. The Morgan fingerprint density at radius 3 is 2.61 bits per heavy atom. The zero-order chi connectivity index (χ0) is 23.8. The third kappa shape index (κ3) is 4.34. The zero-order valence-corrected chi connectivity index (χ0v) is 20.6. The SMILES string of the molecule is COc1ccc(S(=O)(=O)N2C[C@H](C(=O)NCC[C@@H]3CCCN3C)c3ccccc32)c(C)c1C. The van der Waals surface area contributed by atoms with Crippen LogP contribution in [-0.4, -0.2) is 59.1 Å². The number of hydrogen-bond donors (Lipinski definition) is 1. The number of carbonyl (C=O) groups excluding carboxylic acids is 1. The van der Waals surface area contributed by atoms with E-state index in [4.69, 9.17) is 4.74 Å². The molecule has 2 aliphatic rings. The summed E-state index contributed by atoms with van der Waals surface area (Å²) in [7, 11) is -0.153. The molecule has 7 nitrogen and oxygen atoms in total. The zero-order valence-electron chi connectivity index (χ0n) is 19.8. The quantitative estimate of drug-likeness (QED) is 0.671. The van der Waals surface area contributed by atoms with E-state index in [-0.39, 0.29) is 17.3 Å². The summed E-state index contributed by atoms with van der Waals surface area (Å²) in [6.45, 7) is 5.43. The summed E-state index contributed by atoms with van der Waals surface area (Å²) in [6, 6.07) is 11.1. The lowest BCUT2D eigenvalue weighted by Gasteiger charge is -2.22. The lowest BCUT2D eigenvalue weighted by molar-refractivity contribution is -0.122. The van der Waals surface area contributed by atoms with E-state index in [1.54, 1.807) is 32.2 Å². The summed E-state index contributed by atoms with van der Waals surface area (Å²) in [6.07, 6.45) is 3.26. The third-order valence-corrected chi connectivity index (χ3v) is 9.09. The van der Waals surface area contributed by atoms with E-state index in [2.05, 4.69) is 17.3 Å². The van der Waals surface area contributed by atoms with E-state index in [0.29, 0.717) is 29.6 Å². The average molecular weight is 472 g/mol. The average Bonchev–Trinajstić information content (AvgIpc) is 3.39. The monoisotopic (exact) mass is 471 g/mol. The van der Waals surface area contributed by atoms with Crippen molar-refractivity contribution in [2.75, 3.05) is 38.1 Å². The van der Waals surface area contributed by atoms with Crippen LogP contribution in [0.2, 0.25) is 0 Å². The van der Waals surface area contributed by atoms with Crippen molar-refractivity contribution >= 4 is 21.6 Å². The van der Waals surface area contributed by atoms with Gasteiger partial charge in [-0.05, 0) is 81.6 Å². The van der Waals surface area contributed by atoms with Gasteiger partial charge in [0.1, 0.15) is 5.75 Å². The molecule has 1 saturated heterocycles. The second-order valence-electron chi connectivity index (χ2n) is 9.02. The summed E-state index contributed by atoms with van der Waals surface area (Å²) in [5.41, 5.74) is 2.76. The number of carbonyl (C=O) groups is 1. The van der Waals surface area contributed by atoms with Gasteiger partial charge in [0.05, 0.1) is 30.2 Å². The molecule has 8 heteroatoms. The molecule has 2 aliphatic heterocycles. The Hall–Kier alpha value is -2.58. The lowest BCUT2D eigenvalue weighted by atomic mass is 10.0. The van der Waals surface area contributed by atoms with Crippen molar-refractivity contribution in [3.8, 4) is 5.75 Å². The maximum absolute atomic E-state index is 13.7. The molecule has 4 rings (SSSR count). The summed E-state index contributed by atoms with van der Waals surface area (Å²) in [4.78, 5) is 15.7. The maximum atomic E-state index is 13.7. The fourth-order valence-electron chi connectivity index (χ4n) is 5.04. The number of methoxy groups -OCH3 is 1. The number of sulfonamides is 1. The molecule has 1 N–H and O–H groups in total. The van der Waals surface area contributed by atoms with Gasteiger partial charge in [0.2, 0.25) is 5.91 Å². The molecule has 0 unspecified atom stereocenters. The fraction of sp³-hybridized carbons (Fsp3) is 0.480. The van der Waals surface area contributed by atoms with Gasteiger partial charge in [-0.15, -0.1) is 0 Å². The Balaban J connectivity index is 1.56. The van der Waals surface area contributed by atoms with Gasteiger partial charge in [0, 0.05) is 12.6 Å². The van der Waals surface area contributed by atoms with Crippen LogP contribution >= 0.6 is 0 Å². The van der Waals surface area contributed by atoms with Crippen LogP contribution < -0.4 is 14.4 Å². The van der Waals surface area contributed by atoms with Crippen LogP contribution in [0.5, 0.6) is 5.75 Å². The van der Waals surface area contributed by atoms with E-state index in [0.717, 1.165) is 30.5 Å². The van der Waals surface area contributed by atoms with Crippen molar-refractivity contribution in [2.24, 2.45) is 0 Å². The molecule has 0 radical (unpaired) electrons. The van der Waals surface area contributed by atoms with Crippen molar-refractivity contribution in [1.82, 2.24) is 10.2 Å². The molecule has 0 aromatic heterocycles. The molecule has 2 heterocycles. The van der Waals surface area contributed by atoms with Gasteiger partial charge < -0.3 is 15.0 Å². The lowest BCUT2D eigenvalue weighted by Crippen LogP contribution is -2.37. The number of nitrogens with one attached hydrogen (secondary N) is 1. The van der Waals surface area contributed by atoms with Gasteiger partial charge in [-0.25, -0.2) is 8.42 Å². The Morgan fingerprint density at radius 2 is 1.91 bits per heavy atom. The molecule has 33 heavy (non-hydrogen) atoms. The normalized spacial score (nSPS) is 20.7. The predicted molar refractivity (Wildman–Crippen MR) is 129 cm³/mol. The first-order valence-corrected chi connectivity index (χ1v) is 12.9. The second-order valence-corrected chi connectivity index (χ2v) is 10.9. The van der Waals surface area contributed by atoms with Crippen LogP contribution in [0.15, 0.2) is 41.3 Å². The van der Waals surface area contributed by atoms with Crippen LogP contribution in [0.3, 0.4) is 0 Å². The first kappa shape index (κ1) is 23.6. The number of para-hydroxylation sites is 1. The molecule has 1 amide bonds. The van der Waals surface area contributed by atoms with Crippen LogP contribution in [0.1, 0.15) is 41.9 Å². The molecule has 0 aliphatic carbocycles. The summed E-state index contributed by atoms with van der Waals surface area (Å²) >= 11 is 0. The number of amides is 1. The Labute approximate surface area is 196 Å². The minimum absolute atomic E-state index is 0.0986. The number of ether oxygens (including phenoxy) is 1. The maximum Gasteiger partial charge on any atom is 0.264 e. The van der Waals surface area contributed by atoms with E-state index in [1.165, 1.54) is 10.7 Å². The third-order valence-electron chi connectivity index (χ3n) is 7.17. The van der Waals surface area contributed by atoms with Gasteiger partial charge >= 0.3 is 0 Å². The molecule has 0 bridgehead atoms. The van der Waals surface area contributed by atoms with Crippen LogP contribution in [-0.2, 0) is 14.8 Å². The minimum atomic E-state index is -3.85. The topological polar surface area (TPSA) is 79.0 Å². The minimum Gasteiger partial charge on any atom is -0.496 e. The molecule has 0 spiro atoms. The second kappa shape index (κ2) is 9.35. The van der Waals surface area contributed by atoms with Gasteiger partial charge in [0.15, 0.2) is 0 Å². The van der Waals surface area contributed by atoms with E-state index >= 15 is 0 Å². The summed E-state index contributed by atoms with van der Waals surface area (Å²) < 4.78 is 34.1. The van der Waals surface area contributed by atoms with E-state index in [9.17, 15) is 13.2 Å². The smallest absolute Gasteiger partial charge is 0.264 e. The molecule has 2 aromatic rings. The van der Waals surface area contributed by atoms with Crippen LogP contribution in [0.25, 0.3) is 0 Å². The first-order chi connectivity index (χ1) is 15.8. The van der Waals surface area contributed by atoms with Crippen molar-refractivity contribution in [3.63, 3.8) is 0 Å². The highest BCUT2D eigenvalue weighted by molar-refractivity contribution is 7.93. The highest BCUT2D eigenvalue weighted by Gasteiger charge is 2.40. The summed E-state index contributed by atoms with van der Waals surface area (Å²) in [5, 5.41) is 3.06. The standard InChI is InChI=1S/C25H33N3O4S/c1-17-18(2)24(12-11-23(17)32-4)33(30,31)28-16-21(20-9-5-6-10-22(20)28)25(29)26-14-13-19-8-7-15-27(19)3/h5-6,9-12,19,21H,7-8,13-16H2,1-4H3,(H,26,29)/t19-,21-/m0/s1. The molecule has 2 aromatic carbocycles. The molecule has 1 fully saturated rings. The summed E-state index contributed by atoms with van der Waals surface area (Å²) in [5.74, 6) is -0.00111. The molecular formula is C25H33N3O4S. The van der Waals surface area contributed by atoms with Crippen molar-refractivity contribution < 1.29 is 17.9 Å². The number of hydrogen-bond acceptors (Lipinski definition) is 5. The number of anilines is 1. The molecule has 178 valence electrons. The number of benzene rings is 2. The number of fused-ring (bicyclic) bond motifs is 1. The Kier molecular flexibility index (Phi) is 6.68. The number of likely N-dealkylation sites (tertiary alicyclic amines) is 1. The van der Waals surface area contributed by atoms with E-state index in [1.807, 2.05) is 25.1 Å². The number of nitrogens with zero attached hydrogens (tertiary/aromatic N) is 2. The Bertz CT molecular complexity index is 1150. The van der Waals surface area contributed by atoms with Gasteiger partial charge in [-0.2, -0.15) is 0 Å². The predicted octanol–water partition coefficient (Wildman–Crippen LogP) is 3.21. The van der Waals surface area contributed by atoms with Gasteiger partial charge in [-0.1, -0.05) is 18.2 Å². The van der Waals surface area contributed by atoms with E-state index < -0.39 is 15.9 Å². The van der Waals surface area contributed by atoms with Crippen molar-refractivity contribution in [1.29, 1.82) is 0 Å². The van der Waals surface area contributed by atoms with Crippen LogP contribution in [0, 0.1) is 13.8 Å². The van der Waals surface area contributed by atoms with Crippen LogP contribution in [0.4, 0.5) is 5.69 Å². The highest BCUT2D eigenvalue weighted by Crippen LogP contribution is 2.41. The van der Waals surface area contributed by atoms with Gasteiger partial charge in [0.25, 0.3) is 10.0 Å². The highest BCUT2D eigenvalue weighted by atomic mass is 32.2. The molecule has 0 saturated carbocycles. The number of rotatable bonds is 7. The van der Waals surface area contributed by atoms with Crippen molar-refractivity contribution in [2.45, 2.75) is 50.0 Å². The van der Waals surface area contributed by atoms with Crippen molar-refractivity contribution in [3.05, 3.63) is 53.1 Å². The largest absolute Gasteiger partial charge is 0.496 e. The Morgan fingerprint density at radius 1 is 1.15 bits per heavy atom. The molecule has 2 atom stereocenters.